The summed E-state index contributed by atoms with van der Waals surface area (Å²) in [6.07, 6.45) is 2.34. The number of ether oxygens (including phenoxy) is 1. The van der Waals surface area contributed by atoms with Crippen LogP contribution in [0, 0.1) is 17.2 Å². The zero-order valence-corrected chi connectivity index (χ0v) is 10.2. The van der Waals surface area contributed by atoms with Crippen LogP contribution < -0.4 is 4.90 Å². The minimum Gasteiger partial charge on any atom is -0.384 e. The predicted octanol–water partition coefficient (Wildman–Crippen LogP) is 2.42. The average molecular weight is 230 g/mol. The molecule has 0 atom stereocenters. The first-order valence-corrected chi connectivity index (χ1v) is 6.07. The zero-order chi connectivity index (χ0) is 12.1. The number of rotatable bonds is 3. The molecule has 1 aromatic rings. The van der Waals surface area contributed by atoms with Crippen molar-refractivity contribution in [3.8, 4) is 6.07 Å². The van der Waals surface area contributed by atoms with Gasteiger partial charge in [-0.05, 0) is 37.0 Å². The molecule has 0 spiro atoms. The van der Waals surface area contributed by atoms with E-state index in [9.17, 15) is 0 Å². The molecule has 1 aromatic carbocycles. The van der Waals surface area contributed by atoms with Crippen LogP contribution in [0.25, 0.3) is 0 Å². The molecule has 0 amide bonds. The van der Waals surface area contributed by atoms with Crippen LogP contribution >= 0.6 is 0 Å². The predicted molar refractivity (Wildman–Crippen MR) is 68.0 cm³/mol. The average Bonchev–Trinajstić information content (AvgIpc) is 2.40. The number of nitrogens with zero attached hydrogens (tertiary/aromatic N) is 2. The molecular weight excluding hydrogens is 212 g/mol. The fourth-order valence-corrected chi connectivity index (χ4v) is 2.37. The van der Waals surface area contributed by atoms with Gasteiger partial charge < -0.3 is 9.64 Å². The summed E-state index contributed by atoms with van der Waals surface area (Å²) in [6, 6.07) is 10.0. The molecule has 1 saturated heterocycles. The molecule has 3 heteroatoms. The van der Waals surface area contributed by atoms with Gasteiger partial charge in [-0.1, -0.05) is 6.07 Å². The molecule has 1 aliphatic heterocycles. The van der Waals surface area contributed by atoms with Gasteiger partial charge in [0.2, 0.25) is 0 Å². The van der Waals surface area contributed by atoms with Gasteiger partial charge in [-0.15, -0.1) is 0 Å². The summed E-state index contributed by atoms with van der Waals surface area (Å²) in [5.41, 5.74) is 1.90. The Labute approximate surface area is 103 Å². The first kappa shape index (κ1) is 11.9. The monoisotopic (exact) mass is 230 g/mol. The van der Waals surface area contributed by atoms with Gasteiger partial charge in [0, 0.05) is 32.5 Å². The molecule has 0 unspecified atom stereocenters. The van der Waals surface area contributed by atoms with Gasteiger partial charge in [-0.2, -0.15) is 5.26 Å². The Balaban J connectivity index is 1.98. The summed E-state index contributed by atoms with van der Waals surface area (Å²) in [7, 11) is 1.77. The number of nitriles is 1. The van der Waals surface area contributed by atoms with Gasteiger partial charge >= 0.3 is 0 Å². The lowest BCUT2D eigenvalue weighted by Gasteiger charge is -2.33. The molecule has 1 heterocycles. The van der Waals surface area contributed by atoms with Crippen LogP contribution in [0.4, 0.5) is 5.69 Å². The number of anilines is 1. The second-order valence-corrected chi connectivity index (χ2v) is 4.55. The number of benzene rings is 1. The minimum absolute atomic E-state index is 0.690. The highest BCUT2D eigenvalue weighted by molar-refractivity contribution is 5.51. The fraction of sp³-hybridized carbons (Fsp3) is 0.500. The first-order chi connectivity index (χ1) is 8.33. The van der Waals surface area contributed by atoms with Crippen molar-refractivity contribution in [3.63, 3.8) is 0 Å². The number of hydrogen-bond acceptors (Lipinski definition) is 3. The molecule has 0 saturated carbocycles. The van der Waals surface area contributed by atoms with E-state index in [1.807, 2.05) is 18.2 Å². The third-order valence-electron chi connectivity index (χ3n) is 3.36. The fourth-order valence-electron chi connectivity index (χ4n) is 2.37. The van der Waals surface area contributed by atoms with E-state index >= 15 is 0 Å². The molecule has 1 fully saturated rings. The van der Waals surface area contributed by atoms with Crippen LogP contribution in [-0.4, -0.2) is 26.8 Å². The highest BCUT2D eigenvalue weighted by Crippen LogP contribution is 2.23. The quantitative estimate of drug-likeness (QED) is 0.800. The summed E-state index contributed by atoms with van der Waals surface area (Å²) in [5.74, 6) is 0.690. The van der Waals surface area contributed by atoms with Crippen molar-refractivity contribution in [2.45, 2.75) is 12.8 Å². The number of piperidine rings is 1. The topological polar surface area (TPSA) is 36.3 Å². The lowest BCUT2D eigenvalue weighted by molar-refractivity contribution is 0.139. The van der Waals surface area contributed by atoms with Crippen molar-refractivity contribution in [1.82, 2.24) is 0 Å². The number of hydrogen-bond donors (Lipinski definition) is 0. The van der Waals surface area contributed by atoms with Crippen LogP contribution in [0.1, 0.15) is 18.4 Å². The van der Waals surface area contributed by atoms with E-state index in [0.717, 1.165) is 25.3 Å². The Morgan fingerprint density at radius 1 is 1.41 bits per heavy atom. The van der Waals surface area contributed by atoms with Crippen molar-refractivity contribution >= 4 is 5.69 Å². The smallest absolute Gasteiger partial charge is 0.0992 e. The number of methoxy groups -OCH3 is 1. The van der Waals surface area contributed by atoms with Crippen LogP contribution in [0.2, 0.25) is 0 Å². The second-order valence-electron chi connectivity index (χ2n) is 4.55. The minimum atomic E-state index is 0.690. The van der Waals surface area contributed by atoms with Crippen molar-refractivity contribution in [3.05, 3.63) is 29.8 Å². The van der Waals surface area contributed by atoms with Crippen molar-refractivity contribution in [2.24, 2.45) is 5.92 Å². The van der Waals surface area contributed by atoms with E-state index in [2.05, 4.69) is 17.0 Å². The van der Waals surface area contributed by atoms with E-state index in [0.29, 0.717) is 5.92 Å². The molecule has 90 valence electrons. The summed E-state index contributed by atoms with van der Waals surface area (Å²) in [4.78, 5) is 2.35. The SMILES string of the molecule is COCC1CCN(c2cccc(C#N)c2)CC1. The summed E-state index contributed by atoms with van der Waals surface area (Å²) in [6.45, 7) is 2.98. The van der Waals surface area contributed by atoms with Gasteiger partial charge in [0.15, 0.2) is 0 Å². The Hall–Kier alpha value is -1.53. The first-order valence-electron chi connectivity index (χ1n) is 6.07. The standard InChI is InChI=1S/C14H18N2O/c1-17-11-12-5-7-16(8-6-12)14-4-2-3-13(9-14)10-15/h2-4,9,12H,5-8,11H2,1H3. The largest absolute Gasteiger partial charge is 0.384 e. The molecule has 17 heavy (non-hydrogen) atoms. The van der Waals surface area contributed by atoms with E-state index < -0.39 is 0 Å². The van der Waals surface area contributed by atoms with E-state index in [1.165, 1.54) is 18.5 Å². The Kier molecular flexibility index (Phi) is 4.00. The van der Waals surface area contributed by atoms with Crippen LogP contribution in [0.5, 0.6) is 0 Å². The van der Waals surface area contributed by atoms with Crippen LogP contribution in [-0.2, 0) is 4.74 Å². The molecular formula is C14H18N2O. The van der Waals surface area contributed by atoms with Gasteiger partial charge in [-0.25, -0.2) is 0 Å². The van der Waals surface area contributed by atoms with E-state index in [4.69, 9.17) is 10.00 Å². The Morgan fingerprint density at radius 2 is 2.18 bits per heavy atom. The zero-order valence-electron chi connectivity index (χ0n) is 10.2. The lowest BCUT2D eigenvalue weighted by Crippen LogP contribution is -2.34. The van der Waals surface area contributed by atoms with Crippen molar-refractivity contribution < 1.29 is 4.74 Å². The third kappa shape index (κ3) is 2.98. The molecule has 2 rings (SSSR count). The maximum atomic E-state index is 8.89. The van der Waals surface area contributed by atoms with E-state index in [1.54, 1.807) is 7.11 Å². The molecule has 0 aliphatic carbocycles. The molecule has 0 N–H and O–H groups in total. The molecule has 0 radical (unpaired) electrons. The molecule has 1 aliphatic rings. The molecule has 0 bridgehead atoms. The van der Waals surface area contributed by atoms with Crippen LogP contribution in [0.15, 0.2) is 24.3 Å². The highest BCUT2D eigenvalue weighted by Gasteiger charge is 2.19. The Bertz CT molecular complexity index is 403. The molecule has 3 nitrogen and oxygen atoms in total. The summed E-state index contributed by atoms with van der Waals surface area (Å²) in [5, 5.41) is 8.89. The molecule has 0 aromatic heterocycles. The summed E-state index contributed by atoms with van der Waals surface area (Å²) >= 11 is 0. The van der Waals surface area contributed by atoms with Gasteiger partial charge in [0.05, 0.1) is 11.6 Å². The van der Waals surface area contributed by atoms with Crippen LogP contribution in [0.3, 0.4) is 0 Å². The normalized spacial score (nSPS) is 16.8. The van der Waals surface area contributed by atoms with Gasteiger partial charge in [0.25, 0.3) is 0 Å². The van der Waals surface area contributed by atoms with E-state index in [-0.39, 0.29) is 0 Å². The van der Waals surface area contributed by atoms with Gasteiger partial charge in [0.1, 0.15) is 0 Å². The maximum Gasteiger partial charge on any atom is 0.0992 e. The third-order valence-corrected chi connectivity index (χ3v) is 3.36. The summed E-state index contributed by atoms with van der Waals surface area (Å²) < 4.78 is 5.20. The lowest BCUT2D eigenvalue weighted by atomic mass is 9.97. The Morgan fingerprint density at radius 3 is 2.82 bits per heavy atom. The van der Waals surface area contributed by atoms with Gasteiger partial charge in [-0.3, -0.25) is 0 Å². The highest BCUT2D eigenvalue weighted by atomic mass is 16.5. The maximum absolute atomic E-state index is 8.89. The second kappa shape index (κ2) is 5.70. The van der Waals surface area contributed by atoms with Crippen molar-refractivity contribution in [2.75, 3.05) is 31.7 Å². The van der Waals surface area contributed by atoms with Crippen molar-refractivity contribution in [1.29, 1.82) is 5.26 Å².